The van der Waals surface area contributed by atoms with Crippen molar-refractivity contribution in [3.63, 3.8) is 0 Å². The van der Waals surface area contributed by atoms with E-state index >= 15 is 0 Å². The first-order valence-corrected chi connectivity index (χ1v) is 4.19. The van der Waals surface area contributed by atoms with E-state index in [1.807, 2.05) is 30.3 Å². The molecular formula is C10H9N3O. The molecule has 1 aromatic heterocycles. The minimum absolute atomic E-state index is 0.441. The number of hydrogen-bond donors (Lipinski definition) is 1. The molecule has 0 saturated carbocycles. The van der Waals surface area contributed by atoms with E-state index in [0.29, 0.717) is 5.88 Å². The van der Waals surface area contributed by atoms with Crippen LogP contribution in [-0.4, -0.2) is 9.97 Å². The van der Waals surface area contributed by atoms with Crippen molar-refractivity contribution in [2.75, 3.05) is 5.48 Å². The van der Waals surface area contributed by atoms with Gasteiger partial charge in [0, 0.05) is 12.4 Å². The summed E-state index contributed by atoms with van der Waals surface area (Å²) in [5.41, 5.74) is 3.63. The number of nitrogens with one attached hydrogen (secondary N) is 1. The Kier molecular flexibility index (Phi) is 2.56. The van der Waals surface area contributed by atoms with Gasteiger partial charge in [0.05, 0.1) is 11.9 Å². The van der Waals surface area contributed by atoms with Crippen LogP contribution in [0.4, 0.5) is 5.69 Å². The lowest BCUT2D eigenvalue weighted by atomic mass is 10.3. The van der Waals surface area contributed by atoms with Gasteiger partial charge in [0.2, 0.25) is 0 Å². The molecule has 4 heteroatoms. The highest BCUT2D eigenvalue weighted by molar-refractivity contribution is 5.40. The van der Waals surface area contributed by atoms with Gasteiger partial charge in [-0.25, -0.2) is 10.5 Å². The molecule has 14 heavy (non-hydrogen) atoms. The van der Waals surface area contributed by atoms with E-state index in [1.54, 1.807) is 12.4 Å². The van der Waals surface area contributed by atoms with Crippen LogP contribution in [0, 0.1) is 0 Å². The molecule has 1 aromatic carbocycles. The van der Waals surface area contributed by atoms with Crippen LogP contribution in [0.5, 0.6) is 5.88 Å². The van der Waals surface area contributed by atoms with Crippen LogP contribution in [0.2, 0.25) is 0 Å². The number of hydrogen-bond acceptors (Lipinski definition) is 4. The van der Waals surface area contributed by atoms with Crippen LogP contribution in [0.15, 0.2) is 48.9 Å². The maximum atomic E-state index is 5.17. The Hall–Kier alpha value is -2.10. The maximum Gasteiger partial charge on any atom is 0.264 e. The summed E-state index contributed by atoms with van der Waals surface area (Å²) in [6, 6.07) is 9.57. The normalized spacial score (nSPS) is 9.43. The Morgan fingerprint density at radius 3 is 2.64 bits per heavy atom. The molecule has 0 radical (unpaired) electrons. The summed E-state index contributed by atoms with van der Waals surface area (Å²) < 4.78 is 0. The zero-order chi connectivity index (χ0) is 9.64. The molecule has 0 atom stereocenters. The standard InChI is InChI=1S/C10H9N3O/c1-2-4-9(5-3-1)13-14-10-8-11-6-7-12-10/h1-8,13H. The van der Waals surface area contributed by atoms with Gasteiger partial charge in [-0.15, -0.1) is 0 Å². The highest BCUT2D eigenvalue weighted by atomic mass is 16.7. The third-order valence-corrected chi connectivity index (χ3v) is 1.59. The Balaban J connectivity index is 1.96. The largest absolute Gasteiger partial charge is 0.360 e. The van der Waals surface area contributed by atoms with E-state index in [0.717, 1.165) is 5.69 Å². The van der Waals surface area contributed by atoms with Crippen molar-refractivity contribution in [3.8, 4) is 5.88 Å². The van der Waals surface area contributed by atoms with Gasteiger partial charge in [-0.1, -0.05) is 18.2 Å². The van der Waals surface area contributed by atoms with Crippen LogP contribution in [0.3, 0.4) is 0 Å². The Morgan fingerprint density at radius 2 is 1.93 bits per heavy atom. The quantitative estimate of drug-likeness (QED) is 0.745. The van der Waals surface area contributed by atoms with Crippen LogP contribution in [0.25, 0.3) is 0 Å². The van der Waals surface area contributed by atoms with Crippen LogP contribution in [-0.2, 0) is 0 Å². The third kappa shape index (κ3) is 2.20. The Morgan fingerprint density at radius 1 is 1.07 bits per heavy atom. The average Bonchev–Trinajstić information content (AvgIpc) is 2.29. The number of nitrogens with zero attached hydrogens (tertiary/aromatic N) is 2. The summed E-state index contributed by atoms with van der Waals surface area (Å²) in [6.07, 6.45) is 4.70. The van der Waals surface area contributed by atoms with Crippen LogP contribution >= 0.6 is 0 Å². The van der Waals surface area contributed by atoms with E-state index in [2.05, 4.69) is 15.4 Å². The summed E-state index contributed by atoms with van der Waals surface area (Å²) in [7, 11) is 0. The first-order chi connectivity index (χ1) is 6.95. The van der Waals surface area contributed by atoms with Gasteiger partial charge in [-0.05, 0) is 12.1 Å². The average molecular weight is 187 g/mol. The molecule has 70 valence electrons. The molecule has 1 N–H and O–H groups in total. The van der Waals surface area contributed by atoms with Gasteiger partial charge in [-0.2, -0.15) is 0 Å². The highest BCUT2D eigenvalue weighted by Gasteiger charge is 1.93. The second-order valence-corrected chi connectivity index (χ2v) is 2.61. The summed E-state index contributed by atoms with van der Waals surface area (Å²) in [6.45, 7) is 0. The predicted molar refractivity (Wildman–Crippen MR) is 52.7 cm³/mol. The van der Waals surface area contributed by atoms with Gasteiger partial charge in [0.1, 0.15) is 0 Å². The van der Waals surface area contributed by atoms with E-state index in [-0.39, 0.29) is 0 Å². The molecule has 0 amide bonds. The van der Waals surface area contributed by atoms with Crippen molar-refractivity contribution in [2.24, 2.45) is 0 Å². The van der Waals surface area contributed by atoms with Crippen molar-refractivity contribution >= 4 is 5.69 Å². The molecule has 2 aromatic rings. The van der Waals surface area contributed by atoms with E-state index in [4.69, 9.17) is 4.84 Å². The molecule has 0 aliphatic carbocycles. The predicted octanol–water partition coefficient (Wildman–Crippen LogP) is 1.88. The van der Waals surface area contributed by atoms with Gasteiger partial charge >= 0.3 is 0 Å². The monoisotopic (exact) mass is 187 g/mol. The van der Waals surface area contributed by atoms with Crippen molar-refractivity contribution < 1.29 is 4.84 Å². The smallest absolute Gasteiger partial charge is 0.264 e. The summed E-state index contributed by atoms with van der Waals surface area (Å²) in [5.74, 6) is 0.441. The Bertz CT molecular complexity index is 338. The molecule has 0 saturated heterocycles. The van der Waals surface area contributed by atoms with Gasteiger partial charge < -0.3 is 4.84 Å². The van der Waals surface area contributed by atoms with E-state index < -0.39 is 0 Å². The number of aromatic nitrogens is 2. The van der Waals surface area contributed by atoms with E-state index in [9.17, 15) is 0 Å². The molecule has 0 bridgehead atoms. The molecule has 0 spiro atoms. The number of anilines is 1. The second kappa shape index (κ2) is 4.23. The van der Waals surface area contributed by atoms with Crippen LogP contribution in [0.1, 0.15) is 0 Å². The Labute approximate surface area is 81.5 Å². The fraction of sp³-hybridized carbons (Fsp3) is 0. The number of benzene rings is 1. The molecule has 1 heterocycles. The zero-order valence-corrected chi connectivity index (χ0v) is 7.42. The topological polar surface area (TPSA) is 47.0 Å². The lowest BCUT2D eigenvalue weighted by Crippen LogP contribution is -2.05. The summed E-state index contributed by atoms with van der Waals surface area (Å²) in [4.78, 5) is 13.0. The zero-order valence-electron chi connectivity index (χ0n) is 7.42. The van der Waals surface area contributed by atoms with Crippen molar-refractivity contribution in [1.29, 1.82) is 0 Å². The minimum atomic E-state index is 0.441. The second-order valence-electron chi connectivity index (χ2n) is 2.61. The van der Waals surface area contributed by atoms with Gasteiger partial charge in [0.15, 0.2) is 0 Å². The highest BCUT2D eigenvalue weighted by Crippen LogP contribution is 2.07. The molecule has 0 aliphatic rings. The minimum Gasteiger partial charge on any atom is -0.360 e. The third-order valence-electron chi connectivity index (χ3n) is 1.59. The summed E-state index contributed by atoms with van der Waals surface area (Å²) in [5, 5.41) is 0. The van der Waals surface area contributed by atoms with Crippen molar-refractivity contribution in [3.05, 3.63) is 48.9 Å². The lowest BCUT2D eigenvalue weighted by Gasteiger charge is -2.05. The molecule has 0 fully saturated rings. The molecular weight excluding hydrogens is 178 g/mol. The lowest BCUT2D eigenvalue weighted by molar-refractivity contribution is 0.387. The van der Waals surface area contributed by atoms with Crippen LogP contribution < -0.4 is 10.3 Å². The fourth-order valence-corrected chi connectivity index (χ4v) is 0.956. The molecule has 4 nitrogen and oxygen atoms in total. The number of rotatable bonds is 3. The van der Waals surface area contributed by atoms with Gasteiger partial charge in [-0.3, -0.25) is 4.98 Å². The SMILES string of the molecule is c1ccc(NOc2cnccn2)cc1. The summed E-state index contributed by atoms with van der Waals surface area (Å²) >= 11 is 0. The fourth-order valence-electron chi connectivity index (χ4n) is 0.956. The first kappa shape index (κ1) is 8.50. The molecule has 0 unspecified atom stereocenters. The van der Waals surface area contributed by atoms with Crippen molar-refractivity contribution in [2.45, 2.75) is 0 Å². The van der Waals surface area contributed by atoms with Gasteiger partial charge in [0.25, 0.3) is 5.88 Å². The maximum absolute atomic E-state index is 5.17. The van der Waals surface area contributed by atoms with E-state index in [1.165, 1.54) is 6.20 Å². The molecule has 2 rings (SSSR count). The van der Waals surface area contributed by atoms with Crippen molar-refractivity contribution in [1.82, 2.24) is 9.97 Å². The first-order valence-electron chi connectivity index (χ1n) is 4.19. The molecule has 0 aliphatic heterocycles. The number of para-hydroxylation sites is 1.